The molecule has 0 unspecified atom stereocenters. The number of aryl methyl sites for hydroxylation is 2. The molecule has 8 heteroatoms. The van der Waals surface area contributed by atoms with Gasteiger partial charge in [0.05, 0.1) is 17.8 Å². The van der Waals surface area contributed by atoms with Gasteiger partial charge in [0.2, 0.25) is 5.91 Å². The summed E-state index contributed by atoms with van der Waals surface area (Å²) in [7, 11) is 0. The molecule has 1 fully saturated rings. The van der Waals surface area contributed by atoms with Crippen LogP contribution in [-0.2, 0) is 4.79 Å². The first-order valence-corrected chi connectivity index (χ1v) is 13.0. The van der Waals surface area contributed by atoms with Crippen molar-refractivity contribution in [1.29, 1.82) is 0 Å². The van der Waals surface area contributed by atoms with E-state index in [1.165, 1.54) is 17.7 Å². The molecule has 2 N–H and O–H groups in total. The lowest BCUT2D eigenvalue weighted by atomic mass is 9.96. The summed E-state index contributed by atoms with van der Waals surface area (Å²) in [4.78, 5) is 19.5. The number of para-hydroxylation sites is 1. The second kappa shape index (κ2) is 10.8. The number of hydrogen-bond acceptors (Lipinski definition) is 3. The van der Waals surface area contributed by atoms with E-state index in [1.807, 2.05) is 24.3 Å². The zero-order valence-corrected chi connectivity index (χ0v) is 22.4. The van der Waals surface area contributed by atoms with E-state index in [0.717, 1.165) is 28.3 Å². The van der Waals surface area contributed by atoms with Gasteiger partial charge >= 0.3 is 0 Å². The number of nitrogens with zero attached hydrogens (tertiary/aromatic N) is 3. The van der Waals surface area contributed by atoms with E-state index in [2.05, 4.69) is 70.1 Å². The fourth-order valence-corrected chi connectivity index (χ4v) is 5.57. The number of amides is 1. The predicted octanol–water partition coefficient (Wildman–Crippen LogP) is 5.94. The Morgan fingerprint density at radius 1 is 1.05 bits per heavy atom. The van der Waals surface area contributed by atoms with Gasteiger partial charge in [-0.25, -0.2) is 4.39 Å². The van der Waals surface area contributed by atoms with Crippen molar-refractivity contribution in [2.45, 2.75) is 39.3 Å². The van der Waals surface area contributed by atoms with Gasteiger partial charge < -0.3 is 20.1 Å². The number of pyridine rings is 1. The summed E-state index contributed by atoms with van der Waals surface area (Å²) in [6.45, 7) is 6.77. The van der Waals surface area contributed by atoms with Crippen LogP contribution in [0.25, 0.3) is 5.69 Å². The molecule has 194 valence electrons. The van der Waals surface area contributed by atoms with E-state index in [0.29, 0.717) is 17.3 Å². The minimum absolute atomic E-state index is 0.153. The molecule has 0 spiro atoms. The summed E-state index contributed by atoms with van der Waals surface area (Å²) in [6, 6.07) is 21.8. The minimum atomic E-state index is -0.344. The number of halogens is 1. The number of benzene rings is 2. The van der Waals surface area contributed by atoms with Gasteiger partial charge in [-0.1, -0.05) is 24.3 Å². The second-order valence-electron chi connectivity index (χ2n) is 9.57. The summed E-state index contributed by atoms with van der Waals surface area (Å²) in [5.74, 6) is -0.506. The van der Waals surface area contributed by atoms with Crippen molar-refractivity contribution in [1.82, 2.24) is 19.8 Å². The second-order valence-corrected chi connectivity index (χ2v) is 9.96. The Hall–Kier alpha value is -4.04. The number of aromatic nitrogens is 2. The molecule has 1 amide bonds. The molecule has 0 bridgehead atoms. The maximum Gasteiger partial charge on any atom is 0.226 e. The Kier molecular flexibility index (Phi) is 7.24. The third kappa shape index (κ3) is 5.04. The molecule has 2 aromatic heterocycles. The molecule has 1 saturated heterocycles. The van der Waals surface area contributed by atoms with E-state index < -0.39 is 0 Å². The molecule has 0 radical (unpaired) electrons. The average Bonchev–Trinajstić information content (AvgIpc) is 3.39. The zero-order chi connectivity index (χ0) is 26.8. The van der Waals surface area contributed by atoms with Gasteiger partial charge in [-0.2, -0.15) is 0 Å². The molecule has 6 nitrogen and oxygen atoms in total. The highest BCUT2D eigenvalue weighted by Gasteiger charge is 2.41. The highest BCUT2D eigenvalue weighted by atomic mass is 32.1. The van der Waals surface area contributed by atoms with E-state index in [9.17, 15) is 9.18 Å². The van der Waals surface area contributed by atoms with Crippen LogP contribution in [0.2, 0.25) is 0 Å². The lowest BCUT2D eigenvalue weighted by Crippen LogP contribution is -2.32. The van der Waals surface area contributed by atoms with Crippen LogP contribution in [0.5, 0.6) is 0 Å². The molecule has 38 heavy (non-hydrogen) atoms. The van der Waals surface area contributed by atoms with Crippen molar-refractivity contribution >= 4 is 28.9 Å². The van der Waals surface area contributed by atoms with Crippen LogP contribution in [0.4, 0.5) is 10.1 Å². The highest BCUT2D eigenvalue weighted by molar-refractivity contribution is 7.80. The number of rotatable bonds is 7. The van der Waals surface area contributed by atoms with Gasteiger partial charge in [0.15, 0.2) is 5.11 Å². The Morgan fingerprint density at radius 2 is 1.79 bits per heavy atom. The molecule has 4 aromatic rings. The molecule has 2 aromatic carbocycles. The number of hydrogen-bond donors (Lipinski definition) is 2. The maximum absolute atomic E-state index is 13.2. The zero-order valence-electron chi connectivity index (χ0n) is 21.6. The molecule has 0 saturated carbocycles. The largest absolute Gasteiger partial charge is 0.352 e. The van der Waals surface area contributed by atoms with Gasteiger partial charge in [0.25, 0.3) is 0 Å². The van der Waals surface area contributed by atoms with Gasteiger partial charge in [-0.05, 0) is 92.6 Å². The smallest absolute Gasteiger partial charge is 0.226 e. The fraction of sp³-hybridized carbons (Fsp3) is 0.233. The average molecular weight is 528 g/mol. The van der Waals surface area contributed by atoms with Gasteiger partial charge in [0, 0.05) is 41.9 Å². The first kappa shape index (κ1) is 25.6. The molecular weight excluding hydrogens is 497 g/mol. The third-order valence-corrected chi connectivity index (χ3v) is 7.40. The monoisotopic (exact) mass is 527 g/mol. The number of carbonyl (C=O) groups excluding carboxylic acids is 1. The molecule has 2 atom stereocenters. The van der Waals surface area contributed by atoms with Crippen molar-refractivity contribution in [3.05, 3.63) is 113 Å². The Bertz CT molecular complexity index is 1470. The van der Waals surface area contributed by atoms with Crippen LogP contribution in [-0.4, -0.2) is 32.0 Å². The summed E-state index contributed by atoms with van der Waals surface area (Å²) in [6.07, 6.45) is 2.01. The lowest BCUT2D eigenvalue weighted by Gasteiger charge is -2.28. The van der Waals surface area contributed by atoms with Crippen molar-refractivity contribution in [3.63, 3.8) is 0 Å². The van der Waals surface area contributed by atoms with Crippen molar-refractivity contribution in [2.75, 3.05) is 11.9 Å². The van der Waals surface area contributed by atoms with Crippen LogP contribution >= 0.6 is 12.2 Å². The van der Waals surface area contributed by atoms with Crippen LogP contribution < -0.4 is 10.6 Å². The summed E-state index contributed by atoms with van der Waals surface area (Å²) < 4.78 is 15.5. The number of thiocarbonyl (C=S) groups is 1. The van der Waals surface area contributed by atoms with Crippen LogP contribution in [0.15, 0.2) is 79.0 Å². The summed E-state index contributed by atoms with van der Waals surface area (Å²) in [5.41, 5.74) is 7.15. The van der Waals surface area contributed by atoms with E-state index >= 15 is 0 Å². The molecule has 3 heterocycles. The van der Waals surface area contributed by atoms with E-state index in [4.69, 9.17) is 12.2 Å². The molecular formula is C30H30FN5OS. The van der Waals surface area contributed by atoms with Crippen molar-refractivity contribution in [2.24, 2.45) is 0 Å². The Morgan fingerprint density at radius 3 is 2.50 bits per heavy atom. The van der Waals surface area contributed by atoms with Crippen LogP contribution in [0.3, 0.4) is 0 Å². The predicted molar refractivity (Wildman–Crippen MR) is 152 cm³/mol. The number of carbonyl (C=O) groups is 1. The molecule has 0 aliphatic carbocycles. The Balaban J connectivity index is 1.47. The van der Waals surface area contributed by atoms with Crippen LogP contribution in [0, 0.1) is 26.6 Å². The highest BCUT2D eigenvalue weighted by Crippen LogP contribution is 2.41. The first-order chi connectivity index (χ1) is 18.3. The fourth-order valence-electron chi connectivity index (χ4n) is 5.24. The van der Waals surface area contributed by atoms with Gasteiger partial charge in [-0.3, -0.25) is 9.78 Å². The quantitative estimate of drug-likeness (QED) is 0.292. The minimum Gasteiger partial charge on any atom is -0.352 e. The molecule has 1 aliphatic heterocycles. The maximum atomic E-state index is 13.2. The summed E-state index contributed by atoms with van der Waals surface area (Å²) in [5, 5.41) is 6.90. The van der Waals surface area contributed by atoms with Crippen molar-refractivity contribution < 1.29 is 9.18 Å². The van der Waals surface area contributed by atoms with E-state index in [1.54, 1.807) is 18.3 Å². The SMILES string of the molecule is Cc1ccccc1-n1c(C)cc([C@H]2[C@H](c3ccccn3)NC(=S)N2CCC(=O)Nc2ccc(F)cc2)c1C. The van der Waals surface area contributed by atoms with Crippen molar-refractivity contribution in [3.8, 4) is 5.69 Å². The standard InChI is InChI=1S/C30H30FN5OS/c1-19-8-4-5-10-26(19)36-20(2)18-24(21(36)3)29-28(25-9-6-7-16-32-25)34-30(38)35(29)17-15-27(37)33-23-13-11-22(31)12-14-23/h4-14,16,18,28-29H,15,17H2,1-3H3,(H,33,37)(H,34,38)/t28-,29-/m0/s1. The molecule has 1 aliphatic rings. The van der Waals surface area contributed by atoms with Crippen LogP contribution in [0.1, 0.15) is 46.7 Å². The lowest BCUT2D eigenvalue weighted by molar-refractivity contribution is -0.116. The Labute approximate surface area is 227 Å². The topological polar surface area (TPSA) is 62.2 Å². The van der Waals surface area contributed by atoms with Gasteiger partial charge in [-0.15, -0.1) is 0 Å². The third-order valence-electron chi connectivity index (χ3n) is 7.05. The van der Waals surface area contributed by atoms with Gasteiger partial charge in [0.1, 0.15) is 5.82 Å². The normalized spacial score (nSPS) is 16.9. The number of anilines is 1. The number of nitrogens with one attached hydrogen (secondary N) is 2. The first-order valence-electron chi connectivity index (χ1n) is 12.6. The molecule has 5 rings (SSSR count). The van der Waals surface area contributed by atoms with E-state index in [-0.39, 0.29) is 30.2 Å². The summed E-state index contributed by atoms with van der Waals surface area (Å²) >= 11 is 5.79.